The first-order valence-corrected chi connectivity index (χ1v) is 12.1. The van der Waals surface area contributed by atoms with Gasteiger partial charge in [0.25, 0.3) is 0 Å². The minimum absolute atomic E-state index is 0.0596. The van der Waals surface area contributed by atoms with Crippen LogP contribution in [0.1, 0.15) is 44.0 Å². The molecule has 2 aliphatic heterocycles. The van der Waals surface area contributed by atoms with Crippen molar-refractivity contribution >= 4 is 17.4 Å². The summed E-state index contributed by atoms with van der Waals surface area (Å²) in [5.74, 6) is -0.889. The molecule has 0 amide bonds. The molecule has 1 N–H and O–H groups in total. The van der Waals surface area contributed by atoms with Crippen LogP contribution in [-0.2, 0) is 11.0 Å². The van der Waals surface area contributed by atoms with Crippen LogP contribution < -0.4 is 4.90 Å². The third-order valence-electron chi connectivity index (χ3n) is 7.07. The molecule has 0 saturated heterocycles. The SMILES string of the molecule is C=C1/C(C)=C(CC(=O)O)\C(c2ccc(C)cc2)=C2\C=C(C)N(CCN1c1cccc(C(F)(F)F)n1)C2C. The number of allylic oxidation sites excluding steroid dienone is 3. The first-order valence-electron chi connectivity index (χ1n) is 12.1. The normalized spacial score (nSPS) is 22.8. The summed E-state index contributed by atoms with van der Waals surface area (Å²) in [6.07, 6.45) is -2.77. The topological polar surface area (TPSA) is 56.7 Å². The van der Waals surface area contributed by atoms with Crippen LogP contribution in [0.25, 0.3) is 5.57 Å². The molecule has 2 bridgehead atoms. The first kappa shape index (κ1) is 26.3. The number of carbonyl (C=O) groups is 1. The highest BCUT2D eigenvalue weighted by atomic mass is 19.4. The number of hydrogen-bond acceptors (Lipinski definition) is 4. The van der Waals surface area contributed by atoms with Gasteiger partial charge in [-0.2, -0.15) is 13.2 Å². The van der Waals surface area contributed by atoms with Gasteiger partial charge in [-0.1, -0.05) is 42.5 Å². The Balaban J connectivity index is 1.97. The lowest BCUT2D eigenvalue weighted by atomic mass is 9.85. The molecule has 2 aliphatic rings. The number of alkyl halides is 3. The number of hydrogen-bond donors (Lipinski definition) is 1. The van der Waals surface area contributed by atoms with Gasteiger partial charge in [0.05, 0.1) is 12.5 Å². The Hall–Kier alpha value is -3.81. The summed E-state index contributed by atoms with van der Waals surface area (Å²) in [6.45, 7) is 12.9. The van der Waals surface area contributed by atoms with E-state index in [9.17, 15) is 23.1 Å². The van der Waals surface area contributed by atoms with E-state index in [1.54, 1.807) is 11.8 Å². The van der Waals surface area contributed by atoms with Gasteiger partial charge in [-0.3, -0.25) is 4.79 Å². The summed E-state index contributed by atoms with van der Waals surface area (Å²) in [7, 11) is 0. The Kier molecular flexibility index (Phi) is 7.04. The van der Waals surface area contributed by atoms with Crippen LogP contribution >= 0.6 is 0 Å². The lowest BCUT2D eigenvalue weighted by Crippen LogP contribution is -2.38. The van der Waals surface area contributed by atoms with Gasteiger partial charge >= 0.3 is 12.1 Å². The summed E-state index contributed by atoms with van der Waals surface area (Å²) >= 11 is 0. The van der Waals surface area contributed by atoms with Gasteiger partial charge in [-0.15, -0.1) is 0 Å². The van der Waals surface area contributed by atoms with E-state index in [0.717, 1.165) is 34.0 Å². The molecule has 1 atom stereocenters. The molecule has 194 valence electrons. The quantitative estimate of drug-likeness (QED) is 0.504. The largest absolute Gasteiger partial charge is 0.481 e. The van der Waals surface area contributed by atoms with E-state index < -0.39 is 17.8 Å². The average molecular weight is 510 g/mol. The summed E-state index contributed by atoms with van der Waals surface area (Å²) in [5, 5.41) is 9.90. The predicted molar refractivity (Wildman–Crippen MR) is 139 cm³/mol. The van der Waals surface area contributed by atoms with Crippen molar-refractivity contribution in [2.75, 3.05) is 18.0 Å². The Labute approximate surface area is 214 Å². The Morgan fingerprint density at radius 1 is 1.11 bits per heavy atom. The zero-order valence-corrected chi connectivity index (χ0v) is 21.4. The highest BCUT2D eigenvalue weighted by Crippen LogP contribution is 2.41. The van der Waals surface area contributed by atoms with Crippen molar-refractivity contribution in [3.8, 4) is 0 Å². The van der Waals surface area contributed by atoms with Gasteiger partial charge < -0.3 is 14.9 Å². The van der Waals surface area contributed by atoms with Crippen LogP contribution in [0, 0.1) is 6.92 Å². The number of aliphatic carboxylic acids is 1. The number of aryl methyl sites for hydroxylation is 1. The number of anilines is 1. The second-order valence-electron chi connectivity index (χ2n) is 9.50. The van der Waals surface area contributed by atoms with Gasteiger partial charge in [0.15, 0.2) is 0 Å². The molecule has 0 aliphatic carbocycles. The third-order valence-corrected chi connectivity index (χ3v) is 7.07. The fraction of sp³-hybridized carbons (Fsp3) is 0.310. The average Bonchev–Trinajstić information content (AvgIpc) is 3.10. The van der Waals surface area contributed by atoms with Gasteiger partial charge in [-0.25, -0.2) is 4.98 Å². The zero-order chi connectivity index (χ0) is 27.1. The predicted octanol–water partition coefficient (Wildman–Crippen LogP) is 6.60. The lowest BCUT2D eigenvalue weighted by molar-refractivity contribution is -0.141. The van der Waals surface area contributed by atoms with Crippen LogP contribution in [0.3, 0.4) is 0 Å². The van der Waals surface area contributed by atoms with E-state index in [0.29, 0.717) is 29.9 Å². The summed E-state index contributed by atoms with van der Waals surface area (Å²) < 4.78 is 40.4. The monoisotopic (exact) mass is 509 g/mol. The lowest BCUT2D eigenvalue weighted by Gasteiger charge is -2.35. The number of carboxylic acids is 1. The summed E-state index contributed by atoms with van der Waals surface area (Å²) in [5.41, 5.74) is 5.39. The van der Waals surface area contributed by atoms with Crippen LogP contribution in [0.4, 0.5) is 19.0 Å². The molecule has 3 heterocycles. The molecule has 0 spiro atoms. The number of rotatable bonds is 4. The molecule has 1 aromatic carbocycles. The van der Waals surface area contributed by atoms with E-state index in [1.165, 1.54) is 12.1 Å². The molecule has 8 heteroatoms. The molecule has 37 heavy (non-hydrogen) atoms. The highest BCUT2D eigenvalue weighted by Gasteiger charge is 2.35. The van der Waals surface area contributed by atoms with Gasteiger partial charge in [0.2, 0.25) is 0 Å². The van der Waals surface area contributed by atoms with Crippen molar-refractivity contribution in [3.05, 3.63) is 100 Å². The summed E-state index contributed by atoms with van der Waals surface area (Å²) in [4.78, 5) is 19.8. The van der Waals surface area contributed by atoms with Crippen molar-refractivity contribution in [1.82, 2.24) is 9.88 Å². The maximum Gasteiger partial charge on any atom is 0.433 e. The van der Waals surface area contributed by atoms with E-state index >= 15 is 0 Å². The van der Waals surface area contributed by atoms with E-state index in [2.05, 4.69) is 29.5 Å². The maximum absolute atomic E-state index is 13.5. The minimum atomic E-state index is -4.59. The fourth-order valence-electron chi connectivity index (χ4n) is 5.05. The first-order chi connectivity index (χ1) is 17.4. The van der Waals surface area contributed by atoms with Crippen LogP contribution in [0.5, 0.6) is 0 Å². The number of fused-ring (bicyclic) bond motifs is 2. The van der Waals surface area contributed by atoms with Crippen molar-refractivity contribution < 1.29 is 23.1 Å². The molecule has 1 aromatic heterocycles. The number of pyridine rings is 1. The zero-order valence-electron chi connectivity index (χ0n) is 21.4. The molecular weight excluding hydrogens is 479 g/mol. The van der Waals surface area contributed by atoms with Crippen LogP contribution in [0.2, 0.25) is 0 Å². The molecule has 0 radical (unpaired) electrons. The van der Waals surface area contributed by atoms with Gasteiger partial charge in [0, 0.05) is 24.5 Å². The number of nitrogens with zero attached hydrogens (tertiary/aromatic N) is 3. The van der Waals surface area contributed by atoms with Crippen LogP contribution in [0.15, 0.2) is 83.2 Å². The van der Waals surface area contributed by atoms with Crippen molar-refractivity contribution in [1.29, 1.82) is 0 Å². The maximum atomic E-state index is 13.5. The number of halogens is 3. The van der Waals surface area contributed by atoms with E-state index in [4.69, 9.17) is 0 Å². The Morgan fingerprint density at radius 2 is 1.78 bits per heavy atom. The van der Waals surface area contributed by atoms with Gasteiger partial charge in [0.1, 0.15) is 11.5 Å². The Morgan fingerprint density at radius 3 is 2.41 bits per heavy atom. The third kappa shape index (κ3) is 5.19. The van der Waals surface area contributed by atoms with Crippen molar-refractivity contribution in [2.24, 2.45) is 0 Å². The second kappa shape index (κ2) is 9.92. The summed E-state index contributed by atoms with van der Waals surface area (Å²) in [6, 6.07) is 11.6. The van der Waals surface area contributed by atoms with Gasteiger partial charge in [-0.05, 0) is 73.8 Å². The van der Waals surface area contributed by atoms with Crippen molar-refractivity contribution in [2.45, 2.75) is 46.3 Å². The highest BCUT2D eigenvalue weighted by molar-refractivity contribution is 5.90. The molecular formula is C29H30F3N3O2. The van der Waals surface area contributed by atoms with E-state index in [1.807, 2.05) is 38.1 Å². The smallest absolute Gasteiger partial charge is 0.433 e. The molecule has 0 saturated carbocycles. The molecule has 0 fully saturated rings. The molecule has 4 rings (SSSR count). The number of aromatic nitrogens is 1. The second-order valence-corrected chi connectivity index (χ2v) is 9.50. The molecule has 1 unspecified atom stereocenters. The number of carboxylic acid groups (broad SMARTS) is 1. The van der Waals surface area contributed by atoms with Crippen molar-refractivity contribution in [3.63, 3.8) is 0 Å². The van der Waals surface area contributed by atoms with Crippen LogP contribution in [-0.4, -0.2) is 40.1 Å². The molecule has 2 aromatic rings. The minimum Gasteiger partial charge on any atom is -0.481 e. The van der Waals surface area contributed by atoms with E-state index in [-0.39, 0.29) is 18.3 Å². The standard InChI is InChI=1S/C29H30F3N3O2/c1-17-9-11-22(12-10-17)28-23(16-27(36)37)19(3)20(4)35(14-13-34-18(2)15-24(28)21(34)5)26-8-6-7-25(33-26)29(30,31)32/h6-12,15,21H,4,13-14,16H2,1-3,5H3,(H,36,37)/b23-19-,28-24-. The Bertz CT molecular complexity index is 1340. The number of benzene rings is 1. The molecule has 5 nitrogen and oxygen atoms in total. The fourth-order valence-corrected chi connectivity index (χ4v) is 5.05.